The van der Waals surface area contributed by atoms with Gasteiger partial charge in [-0.05, 0) is 102 Å². The molecule has 1 fully saturated rings. The van der Waals surface area contributed by atoms with Gasteiger partial charge in [0.25, 0.3) is 0 Å². The van der Waals surface area contributed by atoms with Crippen LogP contribution in [0.15, 0.2) is 0 Å². The van der Waals surface area contributed by atoms with E-state index in [2.05, 4.69) is 21.3 Å². The molecule has 24 heteroatoms. The number of nitrogens with zero attached hydrogens (tertiary/aromatic N) is 7. The molecule has 0 bridgehead atoms. The second kappa shape index (κ2) is 35.3. The fourth-order valence-electron chi connectivity index (χ4n) is 11.0. The number of likely N-dealkylation sites (N-methyl/N-ethyl adjacent to an activating group) is 7. The fourth-order valence-corrected chi connectivity index (χ4v) is 11.0. The molecule has 0 saturated carbocycles. The Morgan fingerprint density at radius 1 is 0.494 bits per heavy atom. The predicted molar refractivity (Wildman–Crippen MR) is 335 cm³/mol. The van der Waals surface area contributed by atoms with Crippen LogP contribution < -0.4 is 21.3 Å². The van der Waals surface area contributed by atoms with Gasteiger partial charge in [-0.3, -0.25) is 52.7 Å². The lowest BCUT2D eigenvalue weighted by Crippen LogP contribution is -2.63. The van der Waals surface area contributed by atoms with Gasteiger partial charge in [0.1, 0.15) is 60.4 Å². The van der Waals surface area contributed by atoms with E-state index >= 15 is 9.59 Å². The molecule has 11 amide bonds. The molecule has 1 saturated heterocycles. The van der Waals surface area contributed by atoms with Crippen molar-refractivity contribution in [2.75, 3.05) is 55.9 Å². The van der Waals surface area contributed by atoms with Gasteiger partial charge in [-0.25, -0.2) is 0 Å². The SMILES string of the molecule is CCCC[C@@H](C)[C@@H](O)C1C(=O)N[C@H](CC)C(=O)N(C)CC(=O)N(C)[C@@H](CC(C)(C)O)C(=O)N[C@H](C(C)C)C(=O)N(C)[C@H](CCC(C)C)C(=O)N[C@H](C)C(=O)N[C@@H](C)C(=O)N(C)[C@@H](CC(C)C)C(=O)N(C)[C@H](CC(C)C)C(=O)N(C)[C@H](C(C)C)C(=O)N1C. The van der Waals surface area contributed by atoms with E-state index in [-0.39, 0.29) is 49.9 Å². The number of aliphatic hydroxyl groups is 2. The molecule has 1 unspecified atom stereocenters. The molecule has 12 atom stereocenters. The molecule has 1 rings (SSSR count). The molecule has 0 aliphatic carbocycles. The van der Waals surface area contributed by atoms with Crippen molar-refractivity contribution in [1.82, 2.24) is 55.6 Å². The van der Waals surface area contributed by atoms with Crippen molar-refractivity contribution >= 4 is 65.0 Å². The van der Waals surface area contributed by atoms with Crippen LogP contribution in [0.2, 0.25) is 0 Å². The van der Waals surface area contributed by atoms with Crippen molar-refractivity contribution in [2.24, 2.45) is 35.5 Å². The summed E-state index contributed by atoms with van der Waals surface area (Å²) < 4.78 is 0. The van der Waals surface area contributed by atoms with E-state index in [4.69, 9.17) is 0 Å². The molecule has 0 aromatic carbocycles. The first-order valence-electron chi connectivity index (χ1n) is 31.5. The van der Waals surface area contributed by atoms with Crippen LogP contribution in [0.5, 0.6) is 0 Å². The van der Waals surface area contributed by atoms with Crippen molar-refractivity contribution in [3.05, 3.63) is 0 Å². The maximum absolute atomic E-state index is 15.2. The normalized spacial score (nSPS) is 26.6. The lowest BCUT2D eigenvalue weighted by Gasteiger charge is -2.41. The molecule has 87 heavy (non-hydrogen) atoms. The van der Waals surface area contributed by atoms with Gasteiger partial charge in [0.2, 0.25) is 65.0 Å². The lowest BCUT2D eigenvalue weighted by atomic mass is 9.90. The van der Waals surface area contributed by atoms with Crippen molar-refractivity contribution in [1.29, 1.82) is 0 Å². The zero-order valence-electron chi connectivity index (χ0n) is 57.4. The summed E-state index contributed by atoms with van der Waals surface area (Å²) in [6.45, 7) is 28.7. The summed E-state index contributed by atoms with van der Waals surface area (Å²) >= 11 is 0. The van der Waals surface area contributed by atoms with E-state index in [1.807, 2.05) is 48.5 Å². The number of amides is 11. The lowest BCUT2D eigenvalue weighted by molar-refractivity contribution is -0.157. The Balaban J connectivity index is 4.36. The van der Waals surface area contributed by atoms with Gasteiger partial charge in [-0.2, -0.15) is 0 Å². The predicted octanol–water partition coefficient (Wildman–Crippen LogP) is 3.00. The molecule has 0 spiro atoms. The third-order valence-corrected chi connectivity index (χ3v) is 16.7. The van der Waals surface area contributed by atoms with Crippen LogP contribution in [0.4, 0.5) is 0 Å². The van der Waals surface area contributed by atoms with Gasteiger partial charge in [-0.1, -0.05) is 103 Å². The fraction of sp³-hybridized carbons (Fsp3) is 0.825. The van der Waals surface area contributed by atoms with E-state index in [0.29, 0.717) is 19.3 Å². The average molecular weight is 1230 g/mol. The van der Waals surface area contributed by atoms with Crippen LogP contribution >= 0.6 is 0 Å². The van der Waals surface area contributed by atoms with Crippen molar-refractivity contribution in [2.45, 2.75) is 248 Å². The number of hydrogen-bond donors (Lipinski definition) is 6. The second-order valence-electron chi connectivity index (χ2n) is 27.2. The molecule has 1 aliphatic rings. The summed E-state index contributed by atoms with van der Waals surface area (Å²) in [5.41, 5.74) is -1.55. The Kier molecular flexibility index (Phi) is 32.1. The number of rotatable bonds is 17. The van der Waals surface area contributed by atoms with Crippen LogP contribution in [-0.4, -0.2) is 237 Å². The van der Waals surface area contributed by atoms with Crippen LogP contribution in [0.3, 0.4) is 0 Å². The summed E-state index contributed by atoms with van der Waals surface area (Å²) in [7, 11) is 9.75. The van der Waals surface area contributed by atoms with Crippen molar-refractivity contribution in [3.8, 4) is 0 Å². The van der Waals surface area contributed by atoms with Gasteiger partial charge in [0.15, 0.2) is 0 Å². The van der Waals surface area contributed by atoms with Crippen LogP contribution in [0.25, 0.3) is 0 Å². The first-order chi connectivity index (χ1) is 40.0. The van der Waals surface area contributed by atoms with Gasteiger partial charge < -0.3 is 65.8 Å². The average Bonchev–Trinajstić information content (AvgIpc) is 1.28. The molecule has 6 N–H and O–H groups in total. The molecule has 0 aromatic heterocycles. The maximum Gasteiger partial charge on any atom is 0.246 e. The molecule has 24 nitrogen and oxygen atoms in total. The first-order valence-corrected chi connectivity index (χ1v) is 31.5. The monoisotopic (exact) mass is 1230 g/mol. The zero-order valence-corrected chi connectivity index (χ0v) is 57.4. The summed E-state index contributed by atoms with van der Waals surface area (Å²) in [4.78, 5) is 169. The number of carbonyl (C=O) groups excluding carboxylic acids is 11. The van der Waals surface area contributed by atoms with Crippen LogP contribution in [0.1, 0.15) is 175 Å². The number of aliphatic hydroxyl groups excluding tert-OH is 1. The van der Waals surface area contributed by atoms with E-state index in [9.17, 15) is 53.4 Å². The number of nitrogens with one attached hydrogen (secondary N) is 4. The third kappa shape index (κ3) is 22.9. The van der Waals surface area contributed by atoms with E-state index < -0.39 is 161 Å². The highest BCUT2D eigenvalue weighted by Crippen LogP contribution is 2.26. The standard InChI is InChI=1S/C63H115N11O13/c1-25-27-28-40(13)52(76)51-56(80)66-43(26-2)58(82)68(18)34-48(75)69(19)47(33-63(16,17)87)55(79)67-49(38(9)10)61(85)70(20)44(30-29-35(3)4)54(78)64-41(14)53(77)65-42(15)57(81)71(21)45(31-36(5)6)59(83)72(22)46(32-37(7)8)60(84)73(23)50(39(11)12)62(86)74(51)24/h35-47,49-52,76,87H,25-34H2,1-24H3,(H,64,78)(H,65,77)(H,66,80)(H,67,79)/t40-,41-,42+,43-,44-,45+,46-,47+,49-,50-,51?,52-/m1/s1. The molecule has 0 radical (unpaired) electrons. The van der Waals surface area contributed by atoms with Crippen molar-refractivity contribution < 1.29 is 63.0 Å². The number of carbonyl (C=O) groups is 11. The van der Waals surface area contributed by atoms with Crippen LogP contribution in [0, 0.1) is 35.5 Å². The third-order valence-electron chi connectivity index (χ3n) is 16.7. The molecular formula is C63H115N11O13. The molecule has 1 aliphatic heterocycles. The van der Waals surface area contributed by atoms with E-state index in [0.717, 1.165) is 21.1 Å². The van der Waals surface area contributed by atoms with E-state index in [1.54, 1.807) is 41.5 Å². The number of hydrogen-bond acceptors (Lipinski definition) is 13. The Labute approximate surface area is 520 Å². The second-order valence-corrected chi connectivity index (χ2v) is 27.2. The Morgan fingerprint density at radius 2 is 0.966 bits per heavy atom. The van der Waals surface area contributed by atoms with Gasteiger partial charge >= 0.3 is 0 Å². The first kappa shape index (κ1) is 79.1. The minimum Gasteiger partial charge on any atom is -0.390 e. The molecule has 1 heterocycles. The quantitative estimate of drug-likeness (QED) is 0.122. The minimum atomic E-state index is -1.60. The highest BCUT2D eigenvalue weighted by atomic mass is 16.3. The zero-order chi connectivity index (χ0) is 67.6. The molecule has 500 valence electrons. The Morgan fingerprint density at radius 3 is 1.43 bits per heavy atom. The Bertz CT molecular complexity index is 2340. The highest BCUT2D eigenvalue weighted by molar-refractivity contribution is 5.99. The Hall–Kier alpha value is -5.91. The van der Waals surface area contributed by atoms with Crippen molar-refractivity contribution in [3.63, 3.8) is 0 Å². The summed E-state index contributed by atoms with van der Waals surface area (Å²) in [6.07, 6.45) is 1.05. The van der Waals surface area contributed by atoms with E-state index in [1.165, 1.54) is 96.6 Å². The highest BCUT2D eigenvalue weighted by Gasteiger charge is 2.46. The topological polar surface area (TPSA) is 299 Å². The maximum atomic E-state index is 15.2. The van der Waals surface area contributed by atoms with Gasteiger partial charge in [0.05, 0.1) is 18.2 Å². The summed E-state index contributed by atoms with van der Waals surface area (Å²) in [5.74, 6) is -9.80. The van der Waals surface area contributed by atoms with Crippen LogP contribution in [-0.2, 0) is 52.7 Å². The smallest absolute Gasteiger partial charge is 0.246 e. The number of unbranched alkanes of at least 4 members (excludes halogenated alkanes) is 1. The van der Waals surface area contributed by atoms with Gasteiger partial charge in [-0.15, -0.1) is 0 Å². The molecular weight excluding hydrogens is 1120 g/mol. The minimum absolute atomic E-state index is 0.00201. The van der Waals surface area contributed by atoms with Gasteiger partial charge in [0, 0.05) is 55.8 Å². The summed E-state index contributed by atoms with van der Waals surface area (Å²) in [6, 6.07) is -12.8. The summed E-state index contributed by atoms with van der Waals surface area (Å²) in [5, 5.41) is 34.1. The molecule has 0 aromatic rings. The largest absolute Gasteiger partial charge is 0.390 e.